The van der Waals surface area contributed by atoms with Gasteiger partial charge in [-0.25, -0.2) is 19.2 Å². The van der Waals surface area contributed by atoms with Gasteiger partial charge in [0.15, 0.2) is 0 Å². The van der Waals surface area contributed by atoms with Crippen LogP contribution >= 0.6 is 0 Å². The molecule has 6 aromatic carbocycles. The summed E-state index contributed by atoms with van der Waals surface area (Å²) in [6, 6.07) is 22.5. The Bertz CT molecular complexity index is 2760. The Morgan fingerprint density at radius 1 is 0.315 bits per heavy atom. The van der Waals surface area contributed by atoms with Gasteiger partial charge in [-0.05, 0) is 82.3 Å². The van der Waals surface area contributed by atoms with Gasteiger partial charge >= 0.3 is 23.9 Å². The van der Waals surface area contributed by atoms with Crippen molar-refractivity contribution in [2.45, 2.75) is 182 Å². The van der Waals surface area contributed by atoms with Crippen LogP contribution in [0.25, 0.3) is 65.0 Å². The summed E-state index contributed by atoms with van der Waals surface area (Å²) in [7, 11) is 0. The summed E-state index contributed by atoms with van der Waals surface area (Å²) >= 11 is 0. The first-order valence-electron chi connectivity index (χ1n) is 28.2. The summed E-state index contributed by atoms with van der Waals surface area (Å²) in [5.74, 6) is -1.93. The molecule has 0 fully saturated rings. The lowest BCUT2D eigenvalue weighted by Gasteiger charge is -2.16. The number of furan rings is 1. The molecule has 9 heteroatoms. The molecule has 0 aliphatic rings. The van der Waals surface area contributed by atoms with Gasteiger partial charge in [0, 0.05) is 21.5 Å². The third-order valence-electron chi connectivity index (χ3n) is 14.5. The lowest BCUT2D eigenvalue weighted by Crippen LogP contribution is -2.10. The van der Waals surface area contributed by atoms with Crippen molar-refractivity contribution in [3.63, 3.8) is 0 Å². The molecule has 73 heavy (non-hydrogen) atoms. The number of ether oxygens (including phenoxy) is 4. The van der Waals surface area contributed by atoms with Crippen LogP contribution in [0.2, 0.25) is 0 Å². The number of unbranched alkanes of at least 4 members (excludes halogenated alkanes) is 20. The maximum absolute atomic E-state index is 14.5. The van der Waals surface area contributed by atoms with Gasteiger partial charge in [-0.15, -0.1) is 0 Å². The van der Waals surface area contributed by atoms with Crippen molar-refractivity contribution in [3.05, 3.63) is 95.1 Å². The molecule has 0 amide bonds. The van der Waals surface area contributed by atoms with E-state index in [1.165, 1.54) is 25.7 Å². The summed E-state index contributed by atoms with van der Waals surface area (Å²) < 4.78 is 30.9. The molecule has 0 atom stereocenters. The molecule has 1 aromatic heterocycles. The van der Waals surface area contributed by atoms with Crippen LogP contribution in [0, 0.1) is 0 Å². The molecule has 0 saturated heterocycles. The number of hydrogen-bond donors (Lipinski definition) is 0. The normalized spacial score (nSPS) is 11.7. The van der Waals surface area contributed by atoms with E-state index in [1.807, 2.05) is 48.5 Å². The summed E-state index contributed by atoms with van der Waals surface area (Å²) in [5.41, 5.74) is 2.10. The number of rotatable bonds is 32. The largest absolute Gasteiger partial charge is 0.462 e. The summed E-state index contributed by atoms with van der Waals surface area (Å²) in [6.07, 6.45) is 25.3. The predicted molar refractivity (Wildman–Crippen MR) is 298 cm³/mol. The molecule has 0 aliphatic carbocycles. The average molecular weight is 993 g/mol. The van der Waals surface area contributed by atoms with Crippen LogP contribution in [-0.4, -0.2) is 50.3 Å². The Balaban J connectivity index is 1.41. The number of fused-ring (bicyclic) bond motifs is 11. The minimum atomic E-state index is -0.513. The number of carbonyl (C=O) groups is 4. The molecule has 7 rings (SSSR count). The minimum absolute atomic E-state index is 0.260. The molecule has 390 valence electrons. The highest BCUT2D eigenvalue weighted by Gasteiger charge is 2.28. The van der Waals surface area contributed by atoms with Gasteiger partial charge in [-0.1, -0.05) is 205 Å². The Labute approximate surface area is 433 Å². The van der Waals surface area contributed by atoms with Crippen molar-refractivity contribution >= 4 is 88.9 Å². The van der Waals surface area contributed by atoms with Gasteiger partial charge in [0.2, 0.25) is 0 Å². The third kappa shape index (κ3) is 13.8. The maximum atomic E-state index is 14.5. The molecule has 9 nitrogen and oxygen atoms in total. The highest BCUT2D eigenvalue weighted by Crippen LogP contribution is 2.47. The van der Waals surface area contributed by atoms with Crippen LogP contribution in [0.5, 0.6) is 0 Å². The first-order valence-corrected chi connectivity index (χ1v) is 28.2. The van der Waals surface area contributed by atoms with Crippen LogP contribution < -0.4 is 0 Å². The Morgan fingerprint density at radius 2 is 0.575 bits per heavy atom. The van der Waals surface area contributed by atoms with Gasteiger partial charge in [-0.2, -0.15) is 0 Å². The lowest BCUT2D eigenvalue weighted by atomic mass is 9.88. The second-order valence-electron chi connectivity index (χ2n) is 20.1. The molecular weight excluding hydrogens is 913 g/mol. The predicted octanol–water partition coefficient (Wildman–Crippen LogP) is 18.3. The van der Waals surface area contributed by atoms with Crippen molar-refractivity contribution in [3.8, 4) is 0 Å². The van der Waals surface area contributed by atoms with Crippen LogP contribution in [-0.2, 0) is 18.9 Å². The number of benzene rings is 6. The summed E-state index contributed by atoms with van der Waals surface area (Å²) in [4.78, 5) is 57.4. The molecule has 0 radical (unpaired) electrons. The molecule has 0 saturated carbocycles. The van der Waals surface area contributed by atoms with Gasteiger partial charge in [0.1, 0.15) is 11.2 Å². The molecule has 0 spiro atoms. The Kier molecular flexibility index (Phi) is 21.4. The molecule has 0 N–H and O–H groups in total. The van der Waals surface area contributed by atoms with E-state index in [1.54, 1.807) is 24.3 Å². The highest BCUT2D eigenvalue weighted by atomic mass is 16.5. The van der Waals surface area contributed by atoms with E-state index in [-0.39, 0.29) is 24.3 Å². The summed E-state index contributed by atoms with van der Waals surface area (Å²) in [5, 5.41) is 6.72. The monoisotopic (exact) mass is 993 g/mol. The molecule has 1 heterocycles. The molecule has 0 aliphatic heterocycles. The van der Waals surface area contributed by atoms with Crippen molar-refractivity contribution in [1.82, 2.24) is 0 Å². The quantitative estimate of drug-likeness (QED) is 0.0176. The van der Waals surface area contributed by atoms with E-state index in [9.17, 15) is 19.2 Å². The Morgan fingerprint density at radius 3 is 0.877 bits per heavy atom. The molecule has 7 aromatic rings. The standard InChI is InChI=1S/C64H80O9/c1-5-9-13-17-21-29-37-69-61(65)51-41-49-53(63(67)71-39-31-23-19-15-11-7-3)43-55-59(57(49)47-35-27-25-33-45(47)51)60-56(73-55)44-54(64(68)72-40-32-24-20-16-12-8-4)50-42-52(46-34-26-28-36-48(46)58(50)60)62(66)70-38-30-22-18-14-10-6-2/h25-28,33-36,41-44H,5-24,29-32,37-40H2,1-4H3. The fourth-order valence-corrected chi connectivity index (χ4v) is 10.5. The third-order valence-corrected chi connectivity index (χ3v) is 14.5. The van der Waals surface area contributed by atoms with Crippen molar-refractivity contribution < 1.29 is 42.5 Å². The molecular formula is C64H80O9. The van der Waals surface area contributed by atoms with E-state index in [0.717, 1.165) is 139 Å². The van der Waals surface area contributed by atoms with Crippen LogP contribution in [0.15, 0.2) is 77.2 Å². The smallest absolute Gasteiger partial charge is 0.338 e. The van der Waals surface area contributed by atoms with Gasteiger partial charge in [0.25, 0.3) is 0 Å². The second kappa shape index (κ2) is 28.5. The summed E-state index contributed by atoms with van der Waals surface area (Å²) in [6.45, 7) is 9.89. The molecule has 0 bridgehead atoms. The highest BCUT2D eigenvalue weighted by molar-refractivity contribution is 6.38. The first kappa shape index (κ1) is 54.8. The zero-order valence-corrected chi connectivity index (χ0v) is 44.4. The fourth-order valence-electron chi connectivity index (χ4n) is 10.5. The van der Waals surface area contributed by atoms with Crippen molar-refractivity contribution in [2.75, 3.05) is 26.4 Å². The average Bonchev–Trinajstić information content (AvgIpc) is 3.78. The Hall–Kier alpha value is -5.96. The van der Waals surface area contributed by atoms with Crippen LogP contribution in [0.3, 0.4) is 0 Å². The second-order valence-corrected chi connectivity index (χ2v) is 20.1. The fraction of sp³-hybridized carbons (Fsp3) is 0.500. The van der Waals surface area contributed by atoms with E-state index >= 15 is 0 Å². The van der Waals surface area contributed by atoms with E-state index in [2.05, 4.69) is 27.7 Å². The van der Waals surface area contributed by atoms with Gasteiger partial charge < -0.3 is 23.4 Å². The SMILES string of the molecule is CCCCCCCCOC(=O)c1cc2c(C(=O)OCCCCCCCC)cc3oc4cc(C(=O)OCCCCCCCC)c5cc(C(=O)OCCCCCCCC)c6ccccc6c5c4c3c2c2ccccc12. The topological polar surface area (TPSA) is 118 Å². The van der Waals surface area contributed by atoms with Gasteiger partial charge in [0.05, 0.1) is 48.7 Å². The number of carbonyl (C=O) groups excluding carboxylic acids is 4. The van der Waals surface area contributed by atoms with E-state index in [4.69, 9.17) is 23.4 Å². The minimum Gasteiger partial charge on any atom is -0.462 e. The molecule has 0 unspecified atom stereocenters. The van der Waals surface area contributed by atoms with E-state index in [0.29, 0.717) is 78.6 Å². The zero-order valence-electron chi connectivity index (χ0n) is 44.4. The first-order chi connectivity index (χ1) is 35.8. The lowest BCUT2D eigenvalue weighted by molar-refractivity contribution is 0.0488. The van der Waals surface area contributed by atoms with Crippen LogP contribution in [0.4, 0.5) is 0 Å². The van der Waals surface area contributed by atoms with Crippen molar-refractivity contribution in [1.29, 1.82) is 0 Å². The van der Waals surface area contributed by atoms with E-state index < -0.39 is 23.9 Å². The van der Waals surface area contributed by atoms with Gasteiger partial charge in [-0.3, -0.25) is 0 Å². The maximum Gasteiger partial charge on any atom is 0.338 e. The zero-order chi connectivity index (χ0) is 51.4. The number of esters is 4. The van der Waals surface area contributed by atoms with Crippen molar-refractivity contribution in [2.24, 2.45) is 0 Å². The number of hydrogen-bond acceptors (Lipinski definition) is 9. The van der Waals surface area contributed by atoms with Crippen LogP contribution in [0.1, 0.15) is 223 Å².